The minimum absolute atomic E-state index is 0.0106. The zero-order valence-corrected chi connectivity index (χ0v) is 18.1. The molecule has 156 valence electrons. The minimum atomic E-state index is -0.0928. The fourth-order valence-electron chi connectivity index (χ4n) is 3.40. The molecular formula is C22H36N4O2. The molecule has 1 saturated heterocycles. The highest BCUT2D eigenvalue weighted by atomic mass is 16.5. The number of esters is 1. The van der Waals surface area contributed by atoms with Crippen LogP contribution in [0.1, 0.15) is 44.7 Å². The average Bonchev–Trinajstić information content (AvgIpc) is 2.71. The van der Waals surface area contributed by atoms with Gasteiger partial charge < -0.3 is 15.0 Å². The Bertz CT molecular complexity index is 652. The van der Waals surface area contributed by atoms with E-state index in [0.29, 0.717) is 12.6 Å². The maximum absolute atomic E-state index is 11.8. The molecule has 0 aromatic heterocycles. The van der Waals surface area contributed by atoms with E-state index in [1.807, 2.05) is 0 Å². The quantitative estimate of drug-likeness (QED) is 0.442. The van der Waals surface area contributed by atoms with Gasteiger partial charge in [-0.2, -0.15) is 0 Å². The SMILES string of the molecule is CCNC(=NCc1ccccc1CN(C)C(C)C)N1CCC(C(=O)OC)CC1. The largest absolute Gasteiger partial charge is 0.469 e. The molecule has 1 fully saturated rings. The van der Waals surface area contributed by atoms with Crippen molar-refractivity contribution < 1.29 is 9.53 Å². The highest BCUT2D eigenvalue weighted by Crippen LogP contribution is 2.19. The molecule has 1 aliphatic heterocycles. The lowest BCUT2D eigenvalue weighted by Crippen LogP contribution is -2.46. The molecule has 0 radical (unpaired) electrons. The van der Waals surface area contributed by atoms with E-state index in [1.54, 1.807) is 0 Å². The maximum atomic E-state index is 11.8. The number of guanidine groups is 1. The van der Waals surface area contributed by atoms with Gasteiger partial charge in [0.15, 0.2) is 5.96 Å². The van der Waals surface area contributed by atoms with E-state index < -0.39 is 0 Å². The summed E-state index contributed by atoms with van der Waals surface area (Å²) in [5.41, 5.74) is 2.58. The van der Waals surface area contributed by atoms with Crippen LogP contribution in [0.15, 0.2) is 29.3 Å². The molecule has 0 amide bonds. The number of carbonyl (C=O) groups is 1. The number of hydrogen-bond acceptors (Lipinski definition) is 4. The van der Waals surface area contributed by atoms with Crippen LogP contribution in [0.3, 0.4) is 0 Å². The summed E-state index contributed by atoms with van der Waals surface area (Å²) in [6, 6.07) is 9.04. The molecule has 28 heavy (non-hydrogen) atoms. The van der Waals surface area contributed by atoms with Gasteiger partial charge in [-0.1, -0.05) is 24.3 Å². The number of piperidine rings is 1. The van der Waals surface area contributed by atoms with Gasteiger partial charge in [0, 0.05) is 32.2 Å². The van der Waals surface area contributed by atoms with E-state index in [4.69, 9.17) is 9.73 Å². The highest BCUT2D eigenvalue weighted by molar-refractivity contribution is 5.80. The summed E-state index contributed by atoms with van der Waals surface area (Å²) in [4.78, 5) is 21.3. The van der Waals surface area contributed by atoms with E-state index in [9.17, 15) is 4.79 Å². The lowest BCUT2D eigenvalue weighted by molar-refractivity contribution is -0.146. The van der Waals surface area contributed by atoms with Gasteiger partial charge in [-0.05, 0) is 51.8 Å². The number of nitrogens with one attached hydrogen (secondary N) is 1. The third kappa shape index (κ3) is 6.23. The molecule has 0 atom stereocenters. The smallest absolute Gasteiger partial charge is 0.308 e. The monoisotopic (exact) mass is 388 g/mol. The van der Waals surface area contributed by atoms with Crippen LogP contribution >= 0.6 is 0 Å². The summed E-state index contributed by atoms with van der Waals surface area (Å²) in [5.74, 6) is 0.846. The van der Waals surface area contributed by atoms with Crippen LogP contribution in [0.5, 0.6) is 0 Å². The van der Waals surface area contributed by atoms with Gasteiger partial charge in [-0.25, -0.2) is 4.99 Å². The van der Waals surface area contributed by atoms with Crippen molar-refractivity contribution in [3.05, 3.63) is 35.4 Å². The molecule has 6 heteroatoms. The van der Waals surface area contributed by atoms with E-state index in [2.05, 4.69) is 67.2 Å². The van der Waals surface area contributed by atoms with Gasteiger partial charge in [0.25, 0.3) is 0 Å². The predicted octanol–water partition coefficient (Wildman–Crippen LogP) is 2.88. The predicted molar refractivity (Wildman–Crippen MR) is 114 cm³/mol. The van der Waals surface area contributed by atoms with Gasteiger partial charge in [0.2, 0.25) is 0 Å². The van der Waals surface area contributed by atoms with Gasteiger partial charge in [-0.15, -0.1) is 0 Å². The molecule has 0 spiro atoms. The molecule has 1 aliphatic rings. The fourth-order valence-corrected chi connectivity index (χ4v) is 3.40. The van der Waals surface area contributed by atoms with E-state index in [1.165, 1.54) is 18.2 Å². The molecule has 0 bridgehead atoms. The maximum Gasteiger partial charge on any atom is 0.308 e. The van der Waals surface area contributed by atoms with Crippen LogP contribution in [-0.4, -0.2) is 61.6 Å². The van der Waals surface area contributed by atoms with Crippen LogP contribution in [0.25, 0.3) is 0 Å². The first kappa shape index (κ1) is 22.2. The second kappa shape index (κ2) is 11.1. The standard InChI is InChI=1S/C22H36N4O2/c1-6-23-22(26-13-11-18(12-14-26)21(27)28-5)24-15-19-9-7-8-10-20(19)16-25(4)17(2)3/h7-10,17-18H,6,11-16H2,1-5H3,(H,23,24). The average molecular weight is 389 g/mol. The second-order valence-electron chi connectivity index (χ2n) is 7.73. The van der Waals surface area contributed by atoms with Crippen molar-refractivity contribution in [3.8, 4) is 0 Å². The number of methoxy groups -OCH3 is 1. The third-order valence-corrected chi connectivity index (χ3v) is 5.48. The number of ether oxygens (including phenoxy) is 1. The number of nitrogens with zero attached hydrogens (tertiary/aromatic N) is 3. The summed E-state index contributed by atoms with van der Waals surface area (Å²) in [6.07, 6.45) is 1.62. The molecule has 1 aromatic carbocycles. The molecule has 1 heterocycles. The number of carbonyl (C=O) groups excluding carboxylic acids is 1. The fraction of sp³-hybridized carbons (Fsp3) is 0.636. The van der Waals surface area contributed by atoms with Crippen molar-refractivity contribution in [1.82, 2.24) is 15.1 Å². The van der Waals surface area contributed by atoms with Crippen molar-refractivity contribution in [2.24, 2.45) is 10.9 Å². The summed E-state index contributed by atoms with van der Waals surface area (Å²) in [6.45, 7) is 10.6. The number of aliphatic imine (C=N–C) groups is 1. The lowest BCUT2D eigenvalue weighted by atomic mass is 9.97. The summed E-state index contributed by atoms with van der Waals surface area (Å²) in [7, 11) is 3.62. The first-order valence-electron chi connectivity index (χ1n) is 10.3. The van der Waals surface area contributed by atoms with Crippen LogP contribution < -0.4 is 5.32 Å². The van der Waals surface area contributed by atoms with Crippen LogP contribution in [-0.2, 0) is 22.6 Å². The van der Waals surface area contributed by atoms with E-state index in [0.717, 1.165) is 45.0 Å². The molecule has 2 rings (SSSR count). The summed E-state index contributed by atoms with van der Waals surface area (Å²) >= 11 is 0. The number of benzene rings is 1. The molecule has 6 nitrogen and oxygen atoms in total. The first-order valence-corrected chi connectivity index (χ1v) is 10.3. The normalized spacial score (nSPS) is 16.0. The van der Waals surface area contributed by atoms with Crippen molar-refractivity contribution in [2.45, 2.75) is 52.7 Å². The zero-order chi connectivity index (χ0) is 20.5. The van der Waals surface area contributed by atoms with Crippen LogP contribution in [0.4, 0.5) is 0 Å². The highest BCUT2D eigenvalue weighted by Gasteiger charge is 2.27. The Labute approximate surface area is 170 Å². The Kier molecular flexibility index (Phi) is 8.77. The van der Waals surface area contributed by atoms with Crippen molar-refractivity contribution in [2.75, 3.05) is 33.8 Å². The van der Waals surface area contributed by atoms with Crippen LogP contribution in [0.2, 0.25) is 0 Å². The Morgan fingerprint density at radius 1 is 1.29 bits per heavy atom. The van der Waals surface area contributed by atoms with E-state index in [-0.39, 0.29) is 11.9 Å². The van der Waals surface area contributed by atoms with Gasteiger partial charge in [0.05, 0.1) is 19.6 Å². The summed E-state index contributed by atoms with van der Waals surface area (Å²) in [5, 5.41) is 3.41. The first-order chi connectivity index (χ1) is 13.5. The van der Waals surface area contributed by atoms with Gasteiger partial charge in [0.1, 0.15) is 0 Å². The number of hydrogen-bond donors (Lipinski definition) is 1. The summed E-state index contributed by atoms with van der Waals surface area (Å²) < 4.78 is 4.89. The molecule has 0 aliphatic carbocycles. The van der Waals surface area contributed by atoms with E-state index >= 15 is 0 Å². The second-order valence-corrected chi connectivity index (χ2v) is 7.73. The molecule has 0 saturated carbocycles. The zero-order valence-electron chi connectivity index (χ0n) is 18.1. The van der Waals surface area contributed by atoms with Gasteiger partial charge in [-0.3, -0.25) is 9.69 Å². The molecule has 1 aromatic rings. The Morgan fingerprint density at radius 2 is 1.93 bits per heavy atom. The Hall–Kier alpha value is -2.08. The van der Waals surface area contributed by atoms with Crippen LogP contribution in [0, 0.1) is 5.92 Å². The topological polar surface area (TPSA) is 57.2 Å². The van der Waals surface area contributed by atoms with Gasteiger partial charge >= 0.3 is 5.97 Å². The molecule has 0 unspecified atom stereocenters. The number of likely N-dealkylation sites (tertiary alicyclic amines) is 1. The Balaban J connectivity index is 2.06. The molecular weight excluding hydrogens is 352 g/mol. The van der Waals surface area contributed by atoms with Crippen molar-refractivity contribution in [1.29, 1.82) is 0 Å². The molecule has 1 N–H and O–H groups in total. The minimum Gasteiger partial charge on any atom is -0.469 e. The lowest BCUT2D eigenvalue weighted by Gasteiger charge is -2.33. The third-order valence-electron chi connectivity index (χ3n) is 5.48. The van der Waals surface area contributed by atoms with Crippen molar-refractivity contribution in [3.63, 3.8) is 0 Å². The Morgan fingerprint density at radius 3 is 2.50 bits per heavy atom. The van der Waals surface area contributed by atoms with Crippen molar-refractivity contribution >= 4 is 11.9 Å². The number of rotatable bonds is 7.